The molecular formula is C9H13NO. The number of hydrogen-bond donors (Lipinski definition) is 1. The van der Waals surface area contributed by atoms with Crippen molar-refractivity contribution < 1.29 is 5.21 Å². The third kappa shape index (κ3) is 1.71. The summed E-state index contributed by atoms with van der Waals surface area (Å²) in [7, 11) is 0. The first-order chi connectivity index (χ1) is 5.25. The van der Waals surface area contributed by atoms with E-state index in [9.17, 15) is 5.21 Å². The Morgan fingerprint density at radius 1 is 1.36 bits per heavy atom. The van der Waals surface area contributed by atoms with Crippen molar-refractivity contribution in [2.45, 2.75) is 13.8 Å². The fourth-order valence-electron chi connectivity index (χ4n) is 1.02. The minimum atomic E-state index is 0.616. The largest absolute Gasteiger partial charge is 0.288 e. The SMILES string of the molecule is CCN(O)c1ccccc1C. The molecule has 0 atom stereocenters. The number of aryl methyl sites for hydroxylation is 1. The summed E-state index contributed by atoms with van der Waals surface area (Å²) in [4.78, 5) is 0. The molecule has 0 aliphatic heterocycles. The predicted octanol–water partition coefficient (Wildman–Crippen LogP) is 2.21. The zero-order valence-electron chi connectivity index (χ0n) is 6.91. The predicted molar refractivity (Wildman–Crippen MR) is 46.0 cm³/mol. The van der Waals surface area contributed by atoms with Gasteiger partial charge in [0.15, 0.2) is 0 Å². The van der Waals surface area contributed by atoms with Crippen molar-refractivity contribution in [1.29, 1.82) is 0 Å². The molecule has 0 heterocycles. The molecule has 0 radical (unpaired) electrons. The van der Waals surface area contributed by atoms with Crippen LogP contribution in [0.5, 0.6) is 0 Å². The van der Waals surface area contributed by atoms with Gasteiger partial charge in [-0.2, -0.15) is 0 Å². The fraction of sp³-hybridized carbons (Fsp3) is 0.333. The van der Waals surface area contributed by atoms with Crippen molar-refractivity contribution in [3.63, 3.8) is 0 Å². The quantitative estimate of drug-likeness (QED) is 0.655. The standard InChI is InChI=1S/C9H13NO/c1-3-10(11)9-7-5-4-6-8(9)2/h4-7,11H,3H2,1-2H3. The second-order valence-corrected chi connectivity index (χ2v) is 2.50. The van der Waals surface area contributed by atoms with E-state index in [1.165, 1.54) is 5.06 Å². The van der Waals surface area contributed by atoms with Crippen molar-refractivity contribution in [1.82, 2.24) is 0 Å². The van der Waals surface area contributed by atoms with E-state index in [1.54, 1.807) is 0 Å². The monoisotopic (exact) mass is 151 g/mol. The lowest BCUT2D eigenvalue weighted by Crippen LogP contribution is -2.17. The van der Waals surface area contributed by atoms with Crippen molar-refractivity contribution in [3.8, 4) is 0 Å². The Balaban J connectivity index is 2.93. The summed E-state index contributed by atoms with van der Waals surface area (Å²) in [5.74, 6) is 0. The highest BCUT2D eigenvalue weighted by Gasteiger charge is 2.00. The molecule has 60 valence electrons. The van der Waals surface area contributed by atoms with Crippen LogP contribution in [-0.2, 0) is 0 Å². The molecule has 0 spiro atoms. The van der Waals surface area contributed by atoms with Gasteiger partial charge in [-0.1, -0.05) is 18.2 Å². The summed E-state index contributed by atoms with van der Waals surface area (Å²) in [5.41, 5.74) is 1.98. The van der Waals surface area contributed by atoms with E-state index in [4.69, 9.17) is 0 Å². The van der Waals surface area contributed by atoms with Crippen molar-refractivity contribution in [3.05, 3.63) is 29.8 Å². The number of anilines is 1. The van der Waals surface area contributed by atoms with Crippen LogP contribution in [0.25, 0.3) is 0 Å². The summed E-state index contributed by atoms with van der Waals surface area (Å²) in [5, 5.41) is 10.6. The number of para-hydroxylation sites is 1. The lowest BCUT2D eigenvalue weighted by atomic mass is 10.2. The van der Waals surface area contributed by atoms with Crippen LogP contribution < -0.4 is 5.06 Å². The molecule has 2 heteroatoms. The van der Waals surface area contributed by atoms with E-state index in [0.717, 1.165) is 11.3 Å². The first-order valence-electron chi connectivity index (χ1n) is 3.77. The van der Waals surface area contributed by atoms with Gasteiger partial charge < -0.3 is 0 Å². The molecule has 0 aliphatic rings. The zero-order chi connectivity index (χ0) is 8.27. The average molecular weight is 151 g/mol. The molecule has 0 saturated heterocycles. The fourth-order valence-corrected chi connectivity index (χ4v) is 1.02. The van der Waals surface area contributed by atoms with E-state index in [2.05, 4.69) is 0 Å². The summed E-state index contributed by atoms with van der Waals surface area (Å²) in [6, 6.07) is 7.76. The topological polar surface area (TPSA) is 23.5 Å². The molecule has 1 aromatic rings. The van der Waals surface area contributed by atoms with Crippen LogP contribution in [0.2, 0.25) is 0 Å². The second-order valence-electron chi connectivity index (χ2n) is 2.50. The Hall–Kier alpha value is -1.02. The number of hydroxylamine groups is 1. The average Bonchev–Trinajstić information content (AvgIpc) is 2.04. The number of hydrogen-bond acceptors (Lipinski definition) is 2. The molecule has 1 rings (SSSR count). The first-order valence-corrected chi connectivity index (χ1v) is 3.77. The van der Waals surface area contributed by atoms with Crippen molar-refractivity contribution in [2.24, 2.45) is 0 Å². The van der Waals surface area contributed by atoms with Gasteiger partial charge in [-0.15, -0.1) is 0 Å². The van der Waals surface area contributed by atoms with Crippen LogP contribution in [0.3, 0.4) is 0 Å². The number of nitrogens with zero attached hydrogens (tertiary/aromatic N) is 1. The van der Waals surface area contributed by atoms with Crippen molar-refractivity contribution >= 4 is 5.69 Å². The molecule has 1 N–H and O–H groups in total. The number of benzene rings is 1. The Kier molecular flexibility index (Phi) is 2.49. The molecular weight excluding hydrogens is 138 g/mol. The van der Waals surface area contributed by atoms with Gasteiger partial charge in [0.2, 0.25) is 0 Å². The van der Waals surface area contributed by atoms with Crippen LogP contribution in [0.15, 0.2) is 24.3 Å². The van der Waals surface area contributed by atoms with E-state index < -0.39 is 0 Å². The van der Waals surface area contributed by atoms with Crippen LogP contribution in [0, 0.1) is 6.92 Å². The summed E-state index contributed by atoms with van der Waals surface area (Å²) < 4.78 is 0. The third-order valence-corrected chi connectivity index (χ3v) is 1.69. The first kappa shape index (κ1) is 8.08. The molecule has 0 saturated carbocycles. The maximum absolute atomic E-state index is 9.34. The van der Waals surface area contributed by atoms with Gasteiger partial charge in [0.05, 0.1) is 5.69 Å². The smallest absolute Gasteiger partial charge is 0.0663 e. The molecule has 0 unspecified atom stereocenters. The molecule has 0 aliphatic carbocycles. The van der Waals surface area contributed by atoms with Crippen LogP contribution >= 0.6 is 0 Å². The van der Waals surface area contributed by atoms with Crippen LogP contribution in [-0.4, -0.2) is 11.8 Å². The Morgan fingerprint density at radius 3 is 2.55 bits per heavy atom. The minimum Gasteiger partial charge on any atom is -0.288 e. The summed E-state index contributed by atoms with van der Waals surface area (Å²) in [6.45, 7) is 4.51. The van der Waals surface area contributed by atoms with Gasteiger partial charge in [0.1, 0.15) is 0 Å². The summed E-state index contributed by atoms with van der Waals surface area (Å²) in [6.07, 6.45) is 0. The van der Waals surface area contributed by atoms with E-state index in [1.807, 2.05) is 38.1 Å². The molecule has 0 aromatic heterocycles. The second kappa shape index (κ2) is 3.39. The molecule has 1 aromatic carbocycles. The van der Waals surface area contributed by atoms with Gasteiger partial charge in [-0.05, 0) is 25.5 Å². The maximum Gasteiger partial charge on any atom is 0.0663 e. The molecule has 11 heavy (non-hydrogen) atoms. The van der Waals surface area contributed by atoms with Gasteiger partial charge in [-0.3, -0.25) is 10.3 Å². The minimum absolute atomic E-state index is 0.616. The highest BCUT2D eigenvalue weighted by molar-refractivity contribution is 5.50. The van der Waals surface area contributed by atoms with Crippen molar-refractivity contribution in [2.75, 3.05) is 11.6 Å². The normalized spacial score (nSPS) is 9.73. The highest BCUT2D eigenvalue weighted by atomic mass is 16.5. The summed E-state index contributed by atoms with van der Waals surface area (Å²) >= 11 is 0. The molecule has 0 fully saturated rings. The lowest BCUT2D eigenvalue weighted by molar-refractivity contribution is 0.259. The Bertz CT molecular complexity index is 235. The Morgan fingerprint density at radius 2 is 2.00 bits per heavy atom. The number of rotatable bonds is 2. The highest BCUT2D eigenvalue weighted by Crippen LogP contribution is 2.16. The zero-order valence-corrected chi connectivity index (χ0v) is 6.91. The molecule has 0 amide bonds. The van der Waals surface area contributed by atoms with Crippen LogP contribution in [0.4, 0.5) is 5.69 Å². The molecule has 0 bridgehead atoms. The lowest BCUT2D eigenvalue weighted by Gasteiger charge is -2.16. The van der Waals surface area contributed by atoms with E-state index in [0.29, 0.717) is 6.54 Å². The van der Waals surface area contributed by atoms with E-state index >= 15 is 0 Å². The van der Waals surface area contributed by atoms with Gasteiger partial charge in [-0.25, -0.2) is 0 Å². The van der Waals surface area contributed by atoms with Gasteiger partial charge in [0, 0.05) is 6.54 Å². The molecule has 2 nitrogen and oxygen atoms in total. The van der Waals surface area contributed by atoms with Gasteiger partial charge in [0.25, 0.3) is 0 Å². The maximum atomic E-state index is 9.34. The van der Waals surface area contributed by atoms with Crippen LogP contribution in [0.1, 0.15) is 12.5 Å². The van der Waals surface area contributed by atoms with E-state index in [-0.39, 0.29) is 0 Å². The van der Waals surface area contributed by atoms with Gasteiger partial charge >= 0.3 is 0 Å². The Labute approximate surface area is 67.0 Å². The third-order valence-electron chi connectivity index (χ3n) is 1.69.